The van der Waals surface area contributed by atoms with Crippen LogP contribution in [0.4, 0.5) is 5.82 Å². The Morgan fingerprint density at radius 2 is 2.29 bits per heavy atom. The SMILES string of the molecule is Cc1cc(N2CCCC(O)(CNC(=O)c3sccc3C)C2)ncn1. The molecule has 128 valence electrons. The number of carbonyl (C=O) groups is 1. The van der Waals surface area contributed by atoms with E-state index in [0.29, 0.717) is 17.8 Å². The molecular formula is C17H22N4O2S. The van der Waals surface area contributed by atoms with Crippen molar-refractivity contribution in [2.45, 2.75) is 32.3 Å². The van der Waals surface area contributed by atoms with Crippen LogP contribution in [0.5, 0.6) is 0 Å². The van der Waals surface area contributed by atoms with Crippen molar-refractivity contribution in [1.29, 1.82) is 0 Å². The normalized spacial score (nSPS) is 20.9. The number of amides is 1. The van der Waals surface area contributed by atoms with E-state index in [2.05, 4.69) is 20.2 Å². The first-order valence-electron chi connectivity index (χ1n) is 8.05. The predicted octanol–water partition coefficient (Wildman–Crippen LogP) is 1.92. The second kappa shape index (κ2) is 6.86. The van der Waals surface area contributed by atoms with Crippen molar-refractivity contribution in [3.05, 3.63) is 40.0 Å². The number of piperidine rings is 1. The minimum atomic E-state index is -0.946. The third-order valence-corrected chi connectivity index (χ3v) is 5.33. The summed E-state index contributed by atoms with van der Waals surface area (Å²) in [6.45, 7) is 5.37. The topological polar surface area (TPSA) is 78.4 Å². The molecule has 1 amide bonds. The number of rotatable bonds is 4. The highest BCUT2D eigenvalue weighted by molar-refractivity contribution is 7.12. The van der Waals surface area contributed by atoms with Crippen molar-refractivity contribution in [3.8, 4) is 0 Å². The molecular weight excluding hydrogens is 324 g/mol. The number of aryl methyl sites for hydroxylation is 2. The lowest BCUT2D eigenvalue weighted by Crippen LogP contribution is -2.54. The third kappa shape index (κ3) is 3.73. The van der Waals surface area contributed by atoms with E-state index in [1.54, 1.807) is 6.33 Å². The maximum atomic E-state index is 12.3. The minimum Gasteiger partial charge on any atom is -0.386 e. The molecule has 0 radical (unpaired) electrons. The molecule has 1 aliphatic heterocycles. The molecule has 0 aliphatic carbocycles. The van der Waals surface area contributed by atoms with Crippen LogP contribution in [-0.4, -0.2) is 46.2 Å². The van der Waals surface area contributed by atoms with E-state index in [1.807, 2.05) is 31.4 Å². The largest absolute Gasteiger partial charge is 0.386 e. The van der Waals surface area contributed by atoms with Crippen LogP contribution in [0.3, 0.4) is 0 Å². The number of aliphatic hydroxyl groups is 1. The van der Waals surface area contributed by atoms with Gasteiger partial charge >= 0.3 is 0 Å². The molecule has 2 aromatic rings. The summed E-state index contributed by atoms with van der Waals surface area (Å²) in [5.74, 6) is 0.701. The Bertz CT molecular complexity index is 733. The fourth-order valence-corrected chi connectivity index (χ4v) is 3.84. The molecule has 1 saturated heterocycles. The number of anilines is 1. The molecule has 7 heteroatoms. The molecule has 1 unspecified atom stereocenters. The Kier molecular flexibility index (Phi) is 4.82. The number of hydrogen-bond acceptors (Lipinski definition) is 6. The lowest BCUT2D eigenvalue weighted by Gasteiger charge is -2.39. The molecule has 0 saturated carbocycles. The Hall–Kier alpha value is -1.99. The van der Waals surface area contributed by atoms with E-state index in [-0.39, 0.29) is 12.5 Å². The number of thiophene rings is 1. The molecule has 0 aromatic carbocycles. The smallest absolute Gasteiger partial charge is 0.261 e. The van der Waals surface area contributed by atoms with Crippen molar-refractivity contribution >= 4 is 23.1 Å². The second-order valence-corrected chi connectivity index (χ2v) is 7.30. The number of hydrogen-bond donors (Lipinski definition) is 2. The van der Waals surface area contributed by atoms with Gasteiger partial charge in [-0.2, -0.15) is 0 Å². The summed E-state index contributed by atoms with van der Waals surface area (Å²) >= 11 is 1.42. The zero-order chi connectivity index (χ0) is 17.2. The molecule has 3 rings (SSSR count). The Labute approximate surface area is 145 Å². The van der Waals surface area contributed by atoms with Crippen molar-refractivity contribution in [1.82, 2.24) is 15.3 Å². The summed E-state index contributed by atoms with van der Waals surface area (Å²) < 4.78 is 0. The molecule has 1 atom stereocenters. The molecule has 6 nitrogen and oxygen atoms in total. The van der Waals surface area contributed by atoms with Gasteiger partial charge in [-0.25, -0.2) is 9.97 Å². The van der Waals surface area contributed by atoms with E-state index in [1.165, 1.54) is 11.3 Å². The van der Waals surface area contributed by atoms with Crippen LogP contribution in [0, 0.1) is 13.8 Å². The van der Waals surface area contributed by atoms with E-state index in [0.717, 1.165) is 30.0 Å². The van der Waals surface area contributed by atoms with Gasteiger partial charge in [0, 0.05) is 31.4 Å². The van der Waals surface area contributed by atoms with Gasteiger partial charge in [0.05, 0.1) is 10.5 Å². The Balaban J connectivity index is 1.64. The fourth-order valence-electron chi connectivity index (χ4n) is 3.00. The summed E-state index contributed by atoms with van der Waals surface area (Å²) in [5.41, 5.74) is 0.916. The Morgan fingerprint density at radius 1 is 1.46 bits per heavy atom. The lowest BCUT2D eigenvalue weighted by molar-refractivity contribution is 0.0255. The van der Waals surface area contributed by atoms with Crippen molar-refractivity contribution < 1.29 is 9.90 Å². The van der Waals surface area contributed by atoms with Gasteiger partial charge in [0.1, 0.15) is 12.1 Å². The molecule has 0 bridgehead atoms. The van der Waals surface area contributed by atoms with Gasteiger partial charge in [-0.3, -0.25) is 4.79 Å². The highest BCUT2D eigenvalue weighted by Crippen LogP contribution is 2.25. The van der Waals surface area contributed by atoms with Crippen LogP contribution in [0.2, 0.25) is 0 Å². The number of nitrogens with one attached hydrogen (secondary N) is 1. The van der Waals surface area contributed by atoms with Gasteiger partial charge in [0.25, 0.3) is 5.91 Å². The maximum Gasteiger partial charge on any atom is 0.261 e. The standard InChI is InChI=1S/C17H22N4O2S/c1-12-4-7-24-15(12)16(22)18-9-17(23)5-3-6-21(10-17)14-8-13(2)19-11-20-14/h4,7-8,11,23H,3,5-6,9-10H2,1-2H3,(H,18,22). The van der Waals surface area contributed by atoms with Crippen LogP contribution in [0.1, 0.15) is 33.8 Å². The van der Waals surface area contributed by atoms with Crippen LogP contribution < -0.4 is 10.2 Å². The maximum absolute atomic E-state index is 12.3. The number of carbonyl (C=O) groups excluding carboxylic acids is 1. The summed E-state index contributed by atoms with van der Waals surface area (Å²) in [6.07, 6.45) is 3.06. The first-order chi connectivity index (χ1) is 11.5. The van der Waals surface area contributed by atoms with E-state index >= 15 is 0 Å². The average Bonchev–Trinajstić information content (AvgIpc) is 2.99. The van der Waals surface area contributed by atoms with Gasteiger partial charge in [-0.1, -0.05) is 0 Å². The van der Waals surface area contributed by atoms with Crippen LogP contribution in [-0.2, 0) is 0 Å². The van der Waals surface area contributed by atoms with E-state index < -0.39 is 5.60 Å². The first-order valence-corrected chi connectivity index (χ1v) is 8.93. The van der Waals surface area contributed by atoms with Crippen LogP contribution >= 0.6 is 11.3 Å². The monoisotopic (exact) mass is 346 g/mol. The van der Waals surface area contributed by atoms with Gasteiger partial charge in [-0.15, -0.1) is 11.3 Å². The van der Waals surface area contributed by atoms with Gasteiger partial charge in [0.15, 0.2) is 0 Å². The average molecular weight is 346 g/mol. The van der Waals surface area contributed by atoms with Crippen molar-refractivity contribution in [3.63, 3.8) is 0 Å². The van der Waals surface area contributed by atoms with Gasteiger partial charge < -0.3 is 15.3 Å². The van der Waals surface area contributed by atoms with Crippen molar-refractivity contribution in [2.24, 2.45) is 0 Å². The highest BCUT2D eigenvalue weighted by Gasteiger charge is 2.34. The predicted molar refractivity (Wildman–Crippen MR) is 94.6 cm³/mol. The van der Waals surface area contributed by atoms with E-state index in [4.69, 9.17) is 0 Å². The van der Waals surface area contributed by atoms with Crippen LogP contribution in [0.15, 0.2) is 23.8 Å². The first kappa shape index (κ1) is 16.9. The molecule has 3 heterocycles. The number of β-amino-alcohol motifs (C(OH)–C–C–N with tert-alkyl or cyclic N) is 1. The molecule has 1 aliphatic rings. The van der Waals surface area contributed by atoms with Crippen LogP contribution in [0.25, 0.3) is 0 Å². The summed E-state index contributed by atoms with van der Waals surface area (Å²) in [5, 5.41) is 15.7. The van der Waals surface area contributed by atoms with E-state index in [9.17, 15) is 9.90 Å². The third-order valence-electron chi connectivity index (χ3n) is 4.32. The molecule has 24 heavy (non-hydrogen) atoms. The number of nitrogens with zero attached hydrogens (tertiary/aromatic N) is 3. The summed E-state index contributed by atoms with van der Waals surface area (Å²) in [7, 11) is 0. The summed E-state index contributed by atoms with van der Waals surface area (Å²) in [6, 6.07) is 3.84. The molecule has 0 spiro atoms. The molecule has 2 aromatic heterocycles. The fraction of sp³-hybridized carbons (Fsp3) is 0.471. The summed E-state index contributed by atoms with van der Waals surface area (Å²) in [4.78, 5) is 23.4. The molecule has 1 fully saturated rings. The molecule has 2 N–H and O–H groups in total. The quantitative estimate of drug-likeness (QED) is 0.884. The number of aromatic nitrogens is 2. The highest BCUT2D eigenvalue weighted by atomic mass is 32.1. The minimum absolute atomic E-state index is 0.120. The zero-order valence-corrected chi connectivity index (χ0v) is 14.8. The zero-order valence-electron chi connectivity index (χ0n) is 14.0. The Morgan fingerprint density at radius 3 is 3.00 bits per heavy atom. The van der Waals surface area contributed by atoms with Gasteiger partial charge in [0.2, 0.25) is 0 Å². The lowest BCUT2D eigenvalue weighted by atomic mass is 9.92. The van der Waals surface area contributed by atoms with Gasteiger partial charge in [-0.05, 0) is 43.7 Å². The van der Waals surface area contributed by atoms with Crippen molar-refractivity contribution in [2.75, 3.05) is 24.5 Å². The second-order valence-electron chi connectivity index (χ2n) is 6.38.